The summed E-state index contributed by atoms with van der Waals surface area (Å²) in [6.45, 7) is 1.55. The fourth-order valence-electron chi connectivity index (χ4n) is 1.57. The molecule has 8 nitrogen and oxygen atoms in total. The number of aromatic amines is 1. The largest absolute Gasteiger partial charge is 0.478 e. The molecule has 0 bridgehead atoms. The van der Waals surface area contributed by atoms with Crippen LogP contribution >= 0.6 is 0 Å². The first-order chi connectivity index (χ1) is 9.47. The summed E-state index contributed by atoms with van der Waals surface area (Å²) in [5, 5.41) is 17.1. The molecule has 0 aliphatic heterocycles. The molecule has 8 heteroatoms. The van der Waals surface area contributed by atoms with Crippen molar-refractivity contribution in [3.8, 4) is 0 Å². The van der Waals surface area contributed by atoms with Crippen LogP contribution in [0.25, 0.3) is 0 Å². The SMILES string of the molecule is Cc1oc(CNC(=O)c2ccc(=O)[nH]n2)cc1C(=O)O. The zero-order valence-electron chi connectivity index (χ0n) is 10.5. The minimum atomic E-state index is -1.09. The van der Waals surface area contributed by atoms with E-state index in [2.05, 4.69) is 15.5 Å². The van der Waals surface area contributed by atoms with Crippen molar-refractivity contribution in [1.82, 2.24) is 15.5 Å². The van der Waals surface area contributed by atoms with Crippen molar-refractivity contribution < 1.29 is 19.1 Å². The molecular formula is C12H11N3O5. The highest BCUT2D eigenvalue weighted by molar-refractivity contribution is 5.92. The molecule has 1 amide bonds. The van der Waals surface area contributed by atoms with Gasteiger partial charge < -0.3 is 14.8 Å². The number of nitrogens with one attached hydrogen (secondary N) is 2. The number of H-pyrrole nitrogens is 1. The zero-order valence-corrected chi connectivity index (χ0v) is 10.5. The van der Waals surface area contributed by atoms with E-state index in [1.165, 1.54) is 25.1 Å². The molecule has 0 saturated heterocycles. The molecule has 104 valence electrons. The van der Waals surface area contributed by atoms with E-state index in [0.29, 0.717) is 5.76 Å². The van der Waals surface area contributed by atoms with E-state index >= 15 is 0 Å². The van der Waals surface area contributed by atoms with Gasteiger partial charge in [0.1, 0.15) is 22.8 Å². The average Bonchev–Trinajstić information content (AvgIpc) is 2.78. The van der Waals surface area contributed by atoms with Gasteiger partial charge in [-0.25, -0.2) is 9.89 Å². The van der Waals surface area contributed by atoms with Gasteiger partial charge in [-0.3, -0.25) is 9.59 Å². The lowest BCUT2D eigenvalue weighted by molar-refractivity contribution is 0.0694. The second-order valence-corrected chi connectivity index (χ2v) is 3.98. The maximum Gasteiger partial charge on any atom is 0.339 e. The van der Waals surface area contributed by atoms with Crippen LogP contribution in [0.2, 0.25) is 0 Å². The van der Waals surface area contributed by atoms with Crippen molar-refractivity contribution >= 4 is 11.9 Å². The van der Waals surface area contributed by atoms with E-state index in [1.54, 1.807) is 0 Å². The van der Waals surface area contributed by atoms with Crippen LogP contribution in [-0.4, -0.2) is 27.2 Å². The smallest absolute Gasteiger partial charge is 0.339 e. The van der Waals surface area contributed by atoms with Crippen molar-refractivity contribution in [3.05, 3.63) is 51.3 Å². The lowest BCUT2D eigenvalue weighted by Crippen LogP contribution is -2.25. The van der Waals surface area contributed by atoms with E-state index in [-0.39, 0.29) is 23.6 Å². The van der Waals surface area contributed by atoms with E-state index in [1.807, 2.05) is 0 Å². The number of carbonyl (C=O) groups is 2. The second kappa shape index (κ2) is 5.39. The molecular weight excluding hydrogens is 266 g/mol. The minimum absolute atomic E-state index is 0.0216. The Kier molecular flexibility index (Phi) is 3.65. The first kappa shape index (κ1) is 13.5. The molecule has 0 aliphatic rings. The molecule has 0 radical (unpaired) electrons. The molecule has 0 unspecified atom stereocenters. The summed E-state index contributed by atoms with van der Waals surface area (Å²) in [5.41, 5.74) is -0.308. The number of nitrogens with zero attached hydrogens (tertiary/aromatic N) is 1. The van der Waals surface area contributed by atoms with Gasteiger partial charge in [0, 0.05) is 6.07 Å². The van der Waals surface area contributed by atoms with Gasteiger partial charge in [0.25, 0.3) is 11.5 Å². The van der Waals surface area contributed by atoms with Crippen LogP contribution < -0.4 is 10.9 Å². The van der Waals surface area contributed by atoms with E-state index in [4.69, 9.17) is 9.52 Å². The Bertz CT molecular complexity index is 696. The van der Waals surface area contributed by atoms with Gasteiger partial charge in [0.15, 0.2) is 0 Å². The number of aryl methyl sites for hydroxylation is 1. The van der Waals surface area contributed by atoms with Crippen LogP contribution in [0.5, 0.6) is 0 Å². The van der Waals surface area contributed by atoms with Crippen molar-refractivity contribution in [1.29, 1.82) is 0 Å². The Hall–Kier alpha value is -2.90. The van der Waals surface area contributed by atoms with Gasteiger partial charge in [0.05, 0.1) is 6.54 Å². The Balaban J connectivity index is 2.03. The quantitative estimate of drug-likeness (QED) is 0.738. The van der Waals surface area contributed by atoms with Gasteiger partial charge in [-0.05, 0) is 19.1 Å². The van der Waals surface area contributed by atoms with E-state index in [9.17, 15) is 14.4 Å². The number of aromatic nitrogens is 2. The Morgan fingerprint density at radius 1 is 1.45 bits per heavy atom. The van der Waals surface area contributed by atoms with Gasteiger partial charge in [0.2, 0.25) is 0 Å². The third-order valence-corrected chi connectivity index (χ3v) is 2.53. The first-order valence-corrected chi connectivity index (χ1v) is 5.64. The summed E-state index contributed by atoms with van der Waals surface area (Å²) in [4.78, 5) is 33.3. The van der Waals surface area contributed by atoms with Crippen LogP contribution in [0.3, 0.4) is 0 Å². The van der Waals surface area contributed by atoms with Crippen molar-refractivity contribution in [2.75, 3.05) is 0 Å². The van der Waals surface area contributed by atoms with Gasteiger partial charge in [-0.15, -0.1) is 0 Å². The number of amides is 1. The Labute approximate surface area is 112 Å². The van der Waals surface area contributed by atoms with Gasteiger partial charge in [-0.1, -0.05) is 0 Å². The van der Waals surface area contributed by atoms with Crippen molar-refractivity contribution in [2.24, 2.45) is 0 Å². The molecule has 2 aromatic heterocycles. The number of carboxylic acid groups (broad SMARTS) is 1. The highest BCUT2D eigenvalue weighted by Gasteiger charge is 2.14. The number of furan rings is 1. The standard InChI is InChI=1S/C12H11N3O5/c1-6-8(12(18)19)4-7(20-6)5-13-11(17)9-2-3-10(16)15-14-9/h2-4H,5H2,1H3,(H,13,17)(H,15,16)(H,18,19). The van der Waals surface area contributed by atoms with Crippen molar-refractivity contribution in [3.63, 3.8) is 0 Å². The maximum atomic E-state index is 11.7. The number of carboxylic acids is 1. The molecule has 3 N–H and O–H groups in total. The average molecular weight is 277 g/mol. The number of rotatable bonds is 4. The third kappa shape index (κ3) is 2.91. The van der Waals surface area contributed by atoms with E-state index in [0.717, 1.165) is 0 Å². The molecule has 0 saturated carbocycles. The Morgan fingerprint density at radius 3 is 2.75 bits per heavy atom. The minimum Gasteiger partial charge on any atom is -0.478 e. The van der Waals surface area contributed by atoms with Crippen LogP contribution in [0, 0.1) is 6.92 Å². The van der Waals surface area contributed by atoms with E-state index < -0.39 is 17.4 Å². The van der Waals surface area contributed by atoms with Crippen LogP contribution in [0.1, 0.15) is 32.4 Å². The van der Waals surface area contributed by atoms with Gasteiger partial charge in [-0.2, -0.15) is 5.10 Å². The monoisotopic (exact) mass is 277 g/mol. The van der Waals surface area contributed by atoms with Crippen molar-refractivity contribution in [2.45, 2.75) is 13.5 Å². The maximum absolute atomic E-state index is 11.7. The third-order valence-electron chi connectivity index (χ3n) is 2.53. The molecule has 2 heterocycles. The van der Waals surface area contributed by atoms with Crippen LogP contribution in [-0.2, 0) is 6.54 Å². The molecule has 2 rings (SSSR count). The molecule has 0 aromatic carbocycles. The summed E-state index contributed by atoms with van der Waals surface area (Å²) in [6, 6.07) is 3.81. The number of hydrogen-bond acceptors (Lipinski definition) is 5. The number of hydrogen-bond donors (Lipinski definition) is 3. The molecule has 2 aromatic rings. The van der Waals surface area contributed by atoms with Gasteiger partial charge >= 0.3 is 5.97 Å². The summed E-state index contributed by atoms with van der Waals surface area (Å²) in [7, 11) is 0. The summed E-state index contributed by atoms with van der Waals surface area (Å²) in [6.07, 6.45) is 0. The van der Waals surface area contributed by atoms with Crippen LogP contribution in [0.15, 0.2) is 27.4 Å². The zero-order chi connectivity index (χ0) is 14.7. The fourth-order valence-corrected chi connectivity index (χ4v) is 1.57. The second-order valence-electron chi connectivity index (χ2n) is 3.98. The topological polar surface area (TPSA) is 125 Å². The highest BCUT2D eigenvalue weighted by Crippen LogP contribution is 2.14. The normalized spacial score (nSPS) is 10.2. The summed E-state index contributed by atoms with van der Waals surface area (Å²) in [5.74, 6) is -1.01. The fraction of sp³-hybridized carbons (Fsp3) is 0.167. The predicted octanol–water partition coefficient (Wildman–Crippen LogP) is 0.300. The highest BCUT2D eigenvalue weighted by atomic mass is 16.4. The molecule has 0 aliphatic carbocycles. The summed E-state index contributed by atoms with van der Waals surface area (Å²) < 4.78 is 5.21. The predicted molar refractivity (Wildman–Crippen MR) is 66.4 cm³/mol. The number of carbonyl (C=O) groups excluding carboxylic acids is 1. The summed E-state index contributed by atoms with van der Waals surface area (Å²) >= 11 is 0. The number of aromatic carboxylic acids is 1. The van der Waals surface area contributed by atoms with Crippen LogP contribution in [0.4, 0.5) is 0 Å². The Morgan fingerprint density at radius 2 is 2.20 bits per heavy atom. The molecule has 0 fully saturated rings. The lowest BCUT2D eigenvalue weighted by atomic mass is 10.2. The first-order valence-electron chi connectivity index (χ1n) is 5.64. The molecule has 20 heavy (non-hydrogen) atoms. The molecule has 0 atom stereocenters. The lowest BCUT2D eigenvalue weighted by Gasteiger charge is -2.01. The molecule has 0 spiro atoms.